The fourth-order valence-electron chi connectivity index (χ4n) is 2.91. The Balaban J connectivity index is 1.56. The van der Waals surface area contributed by atoms with Gasteiger partial charge in [0.05, 0.1) is 24.7 Å². The lowest BCUT2D eigenvalue weighted by Gasteiger charge is -2.25. The van der Waals surface area contributed by atoms with E-state index < -0.39 is 15.9 Å². The molecule has 1 heterocycles. The van der Waals surface area contributed by atoms with Crippen molar-refractivity contribution in [3.63, 3.8) is 0 Å². The van der Waals surface area contributed by atoms with Crippen molar-refractivity contribution in [2.75, 3.05) is 43.0 Å². The van der Waals surface area contributed by atoms with Gasteiger partial charge < -0.3 is 19.5 Å². The topological polar surface area (TPSA) is 94.2 Å². The van der Waals surface area contributed by atoms with E-state index in [1.165, 1.54) is 6.92 Å². The summed E-state index contributed by atoms with van der Waals surface area (Å²) >= 11 is 0. The van der Waals surface area contributed by atoms with Gasteiger partial charge in [-0.3, -0.25) is 9.10 Å². The van der Waals surface area contributed by atoms with Crippen molar-refractivity contribution in [2.24, 2.45) is 0 Å². The van der Waals surface area contributed by atoms with Crippen LogP contribution in [0.4, 0.5) is 5.69 Å². The molecule has 0 radical (unpaired) electrons. The van der Waals surface area contributed by atoms with Crippen molar-refractivity contribution in [3.8, 4) is 11.5 Å². The lowest BCUT2D eigenvalue weighted by atomic mass is 10.2. The number of sulfonamides is 1. The highest BCUT2D eigenvalue weighted by Gasteiger charge is 2.25. The Morgan fingerprint density at radius 3 is 2.57 bits per heavy atom. The molecular formula is C21H26N2O6S. The van der Waals surface area contributed by atoms with Gasteiger partial charge in [0.2, 0.25) is 15.9 Å². The monoisotopic (exact) mass is 434 g/mol. The van der Waals surface area contributed by atoms with E-state index in [1.807, 2.05) is 30.3 Å². The van der Waals surface area contributed by atoms with E-state index in [9.17, 15) is 13.2 Å². The maximum absolute atomic E-state index is 12.6. The minimum atomic E-state index is -3.66. The van der Waals surface area contributed by atoms with Crippen LogP contribution in [0, 0.1) is 0 Å². The van der Waals surface area contributed by atoms with E-state index in [-0.39, 0.29) is 18.8 Å². The SMILES string of the molecule is CCS(=O)(=O)N(CC(=O)NCCOCc1ccccc1)c1ccc2c(c1)OCCO2. The Labute approximate surface area is 176 Å². The molecule has 0 saturated heterocycles. The van der Waals surface area contributed by atoms with Crippen LogP contribution >= 0.6 is 0 Å². The molecule has 1 amide bonds. The molecule has 0 saturated carbocycles. The minimum absolute atomic E-state index is 0.130. The molecule has 30 heavy (non-hydrogen) atoms. The number of hydrogen-bond donors (Lipinski definition) is 1. The second-order valence-corrected chi connectivity index (χ2v) is 8.81. The normalized spacial score (nSPS) is 13.0. The van der Waals surface area contributed by atoms with Crippen molar-refractivity contribution >= 4 is 21.6 Å². The largest absolute Gasteiger partial charge is 0.486 e. The first-order valence-corrected chi connectivity index (χ1v) is 11.4. The summed E-state index contributed by atoms with van der Waals surface area (Å²) in [7, 11) is -3.66. The van der Waals surface area contributed by atoms with Crippen molar-refractivity contribution in [2.45, 2.75) is 13.5 Å². The second kappa shape index (κ2) is 10.3. The molecule has 0 fully saturated rings. The summed E-state index contributed by atoms with van der Waals surface area (Å²) in [5, 5.41) is 2.70. The molecule has 162 valence electrons. The summed E-state index contributed by atoms with van der Waals surface area (Å²) in [5.41, 5.74) is 1.40. The molecule has 2 aromatic rings. The Bertz CT molecular complexity index is 949. The second-order valence-electron chi connectivity index (χ2n) is 6.62. The van der Waals surface area contributed by atoms with E-state index in [0.717, 1.165) is 9.87 Å². The Kier molecular flexibility index (Phi) is 7.53. The molecule has 0 bridgehead atoms. The Hall–Kier alpha value is -2.78. The number of nitrogens with zero attached hydrogens (tertiary/aromatic N) is 1. The summed E-state index contributed by atoms with van der Waals surface area (Å²) in [6, 6.07) is 14.6. The van der Waals surface area contributed by atoms with Crippen LogP contribution in [0.3, 0.4) is 0 Å². The van der Waals surface area contributed by atoms with E-state index >= 15 is 0 Å². The highest BCUT2D eigenvalue weighted by atomic mass is 32.2. The maximum Gasteiger partial charge on any atom is 0.240 e. The fraction of sp³-hybridized carbons (Fsp3) is 0.381. The quantitative estimate of drug-likeness (QED) is 0.575. The molecule has 3 rings (SSSR count). The molecule has 0 aromatic heterocycles. The van der Waals surface area contributed by atoms with Gasteiger partial charge in [-0.05, 0) is 24.6 Å². The average Bonchev–Trinajstić information content (AvgIpc) is 2.77. The van der Waals surface area contributed by atoms with Crippen LogP contribution < -0.4 is 19.1 Å². The molecule has 0 unspecified atom stereocenters. The zero-order valence-electron chi connectivity index (χ0n) is 16.9. The van der Waals surface area contributed by atoms with Gasteiger partial charge in [-0.15, -0.1) is 0 Å². The first kappa shape index (κ1) is 21.9. The molecule has 0 atom stereocenters. The first-order valence-electron chi connectivity index (χ1n) is 9.78. The highest BCUT2D eigenvalue weighted by molar-refractivity contribution is 7.92. The zero-order valence-corrected chi connectivity index (χ0v) is 17.7. The lowest BCUT2D eigenvalue weighted by molar-refractivity contribution is -0.119. The molecule has 9 heteroatoms. The molecule has 8 nitrogen and oxygen atoms in total. The molecule has 1 aliphatic heterocycles. The number of carbonyl (C=O) groups is 1. The number of amides is 1. The number of hydrogen-bond acceptors (Lipinski definition) is 6. The van der Waals surface area contributed by atoms with Gasteiger partial charge in [0.1, 0.15) is 19.8 Å². The number of fused-ring (bicyclic) bond motifs is 1. The van der Waals surface area contributed by atoms with Crippen LogP contribution in [-0.2, 0) is 26.2 Å². The highest BCUT2D eigenvalue weighted by Crippen LogP contribution is 2.34. The van der Waals surface area contributed by atoms with Crippen LogP contribution in [-0.4, -0.2) is 53.0 Å². The summed E-state index contributed by atoms with van der Waals surface area (Å²) < 4.78 is 42.8. The lowest BCUT2D eigenvalue weighted by Crippen LogP contribution is -2.42. The van der Waals surface area contributed by atoms with Gasteiger partial charge in [-0.25, -0.2) is 8.42 Å². The smallest absolute Gasteiger partial charge is 0.240 e. The third kappa shape index (κ3) is 5.87. The van der Waals surface area contributed by atoms with Crippen LogP contribution in [0.1, 0.15) is 12.5 Å². The van der Waals surface area contributed by atoms with Crippen molar-refractivity contribution in [1.82, 2.24) is 5.32 Å². The van der Waals surface area contributed by atoms with Crippen molar-refractivity contribution < 1.29 is 27.4 Å². The van der Waals surface area contributed by atoms with Crippen molar-refractivity contribution in [3.05, 3.63) is 54.1 Å². The zero-order chi connectivity index (χ0) is 21.4. The molecule has 0 spiro atoms. The summed E-state index contributed by atoms with van der Waals surface area (Å²) in [4.78, 5) is 12.4. The first-order chi connectivity index (χ1) is 14.5. The third-order valence-corrected chi connectivity index (χ3v) is 6.22. The molecule has 0 aliphatic carbocycles. The molecule has 2 aromatic carbocycles. The standard InChI is InChI=1S/C21H26N2O6S/c1-2-30(25,26)23(18-8-9-19-20(14-18)29-13-12-28-19)15-21(24)22-10-11-27-16-17-6-4-3-5-7-17/h3-9,14H,2,10-13,15-16H2,1H3,(H,22,24). The van der Waals surface area contributed by atoms with E-state index in [0.29, 0.717) is 43.6 Å². The molecule has 1 aliphatic rings. The number of rotatable bonds is 10. The minimum Gasteiger partial charge on any atom is -0.486 e. The predicted molar refractivity (Wildman–Crippen MR) is 113 cm³/mol. The summed E-state index contributed by atoms with van der Waals surface area (Å²) in [6.07, 6.45) is 0. The van der Waals surface area contributed by atoms with Crippen LogP contribution in [0.2, 0.25) is 0 Å². The fourth-order valence-corrected chi connectivity index (χ4v) is 3.97. The number of nitrogens with one attached hydrogen (secondary N) is 1. The number of anilines is 1. The van der Waals surface area contributed by atoms with Crippen LogP contribution in [0.25, 0.3) is 0 Å². The van der Waals surface area contributed by atoms with Gasteiger partial charge in [-0.1, -0.05) is 30.3 Å². The van der Waals surface area contributed by atoms with Crippen LogP contribution in [0.5, 0.6) is 11.5 Å². The average molecular weight is 435 g/mol. The van der Waals surface area contributed by atoms with Gasteiger partial charge in [0.15, 0.2) is 11.5 Å². The van der Waals surface area contributed by atoms with Gasteiger partial charge in [0, 0.05) is 12.6 Å². The number of benzene rings is 2. The Morgan fingerprint density at radius 1 is 1.10 bits per heavy atom. The van der Waals surface area contributed by atoms with E-state index in [1.54, 1.807) is 18.2 Å². The third-order valence-electron chi connectivity index (χ3n) is 4.48. The van der Waals surface area contributed by atoms with E-state index in [4.69, 9.17) is 14.2 Å². The number of carbonyl (C=O) groups excluding carboxylic acids is 1. The van der Waals surface area contributed by atoms with Crippen molar-refractivity contribution in [1.29, 1.82) is 0 Å². The molecule has 1 N–H and O–H groups in total. The van der Waals surface area contributed by atoms with Crippen LogP contribution in [0.15, 0.2) is 48.5 Å². The Morgan fingerprint density at radius 2 is 1.83 bits per heavy atom. The van der Waals surface area contributed by atoms with Gasteiger partial charge in [-0.2, -0.15) is 0 Å². The summed E-state index contributed by atoms with van der Waals surface area (Å²) in [5.74, 6) is 0.475. The predicted octanol–water partition coefficient (Wildman–Crippen LogP) is 1.95. The van der Waals surface area contributed by atoms with Gasteiger partial charge >= 0.3 is 0 Å². The summed E-state index contributed by atoms with van der Waals surface area (Å²) in [6.45, 7) is 3.10. The maximum atomic E-state index is 12.6. The van der Waals surface area contributed by atoms with Gasteiger partial charge in [0.25, 0.3) is 0 Å². The molecular weight excluding hydrogens is 408 g/mol. The van der Waals surface area contributed by atoms with E-state index in [2.05, 4.69) is 5.32 Å². The number of ether oxygens (including phenoxy) is 3.